The second-order valence-electron chi connectivity index (χ2n) is 6.53. The second kappa shape index (κ2) is 8.74. The number of nitrogens with one attached hydrogen (secondary N) is 1. The van der Waals surface area contributed by atoms with E-state index < -0.39 is 12.1 Å². The first-order valence-corrected chi connectivity index (χ1v) is 8.69. The molecule has 1 aliphatic rings. The van der Waals surface area contributed by atoms with Crippen LogP contribution in [-0.4, -0.2) is 38.2 Å². The van der Waals surface area contributed by atoms with Gasteiger partial charge in [-0.25, -0.2) is 4.79 Å². The number of benzene rings is 1. The van der Waals surface area contributed by atoms with Gasteiger partial charge in [0.15, 0.2) is 6.10 Å². The highest BCUT2D eigenvalue weighted by Gasteiger charge is 2.26. The molecule has 0 aromatic heterocycles. The van der Waals surface area contributed by atoms with Gasteiger partial charge in [0.05, 0.1) is 19.8 Å². The number of methoxy groups -OCH3 is 2. The second-order valence-corrected chi connectivity index (χ2v) is 6.53. The van der Waals surface area contributed by atoms with Crippen molar-refractivity contribution >= 4 is 11.9 Å². The predicted molar refractivity (Wildman–Crippen MR) is 94.0 cm³/mol. The number of hydrogen-bond acceptors (Lipinski definition) is 5. The Morgan fingerprint density at radius 1 is 1.08 bits per heavy atom. The van der Waals surface area contributed by atoms with E-state index in [4.69, 9.17) is 14.2 Å². The smallest absolute Gasteiger partial charge is 0.339 e. The van der Waals surface area contributed by atoms with Crippen LogP contribution in [0.25, 0.3) is 0 Å². The molecule has 6 heteroatoms. The van der Waals surface area contributed by atoms with E-state index in [2.05, 4.69) is 12.2 Å². The van der Waals surface area contributed by atoms with Crippen LogP contribution in [0.5, 0.6) is 11.5 Å². The molecule has 0 radical (unpaired) electrons. The molecule has 25 heavy (non-hydrogen) atoms. The Morgan fingerprint density at radius 2 is 1.68 bits per heavy atom. The van der Waals surface area contributed by atoms with Gasteiger partial charge in [0.2, 0.25) is 0 Å². The first kappa shape index (κ1) is 19.1. The van der Waals surface area contributed by atoms with Crippen molar-refractivity contribution < 1.29 is 23.8 Å². The van der Waals surface area contributed by atoms with Crippen LogP contribution in [0.4, 0.5) is 0 Å². The van der Waals surface area contributed by atoms with Crippen molar-refractivity contribution in [3.05, 3.63) is 23.8 Å². The minimum Gasteiger partial charge on any atom is -0.497 e. The lowest BCUT2D eigenvalue weighted by Gasteiger charge is -2.30. The number of carbonyl (C=O) groups is 2. The molecule has 1 saturated carbocycles. The summed E-state index contributed by atoms with van der Waals surface area (Å²) in [4.78, 5) is 24.7. The lowest BCUT2D eigenvalue weighted by molar-refractivity contribution is -0.130. The zero-order chi connectivity index (χ0) is 18.4. The first-order chi connectivity index (χ1) is 11.9. The molecule has 0 unspecified atom stereocenters. The number of hydrogen-bond donors (Lipinski definition) is 1. The first-order valence-electron chi connectivity index (χ1n) is 8.69. The van der Waals surface area contributed by atoms with Crippen molar-refractivity contribution in [3.8, 4) is 11.5 Å². The van der Waals surface area contributed by atoms with Crippen molar-refractivity contribution in [1.82, 2.24) is 5.32 Å². The fraction of sp³-hybridized carbons (Fsp3) is 0.579. The molecule has 3 atom stereocenters. The molecule has 1 fully saturated rings. The molecule has 1 aliphatic carbocycles. The van der Waals surface area contributed by atoms with Crippen LogP contribution in [0.3, 0.4) is 0 Å². The quantitative estimate of drug-likeness (QED) is 0.799. The van der Waals surface area contributed by atoms with E-state index in [-0.39, 0.29) is 17.5 Å². The third-order valence-electron chi connectivity index (χ3n) is 4.68. The van der Waals surface area contributed by atoms with E-state index in [0.717, 1.165) is 19.3 Å². The average molecular weight is 349 g/mol. The molecule has 138 valence electrons. The van der Waals surface area contributed by atoms with Gasteiger partial charge in [0.1, 0.15) is 11.5 Å². The molecule has 6 nitrogen and oxygen atoms in total. The molecule has 1 aromatic carbocycles. The van der Waals surface area contributed by atoms with Gasteiger partial charge < -0.3 is 19.5 Å². The Hall–Kier alpha value is -2.24. The van der Waals surface area contributed by atoms with Crippen molar-refractivity contribution in [3.63, 3.8) is 0 Å². The molecule has 1 aromatic rings. The number of ether oxygens (including phenoxy) is 3. The molecule has 1 N–H and O–H groups in total. The predicted octanol–water partition coefficient (Wildman–Crippen LogP) is 2.94. The van der Waals surface area contributed by atoms with Crippen LogP contribution in [0.15, 0.2) is 18.2 Å². The molecule has 1 amide bonds. The Morgan fingerprint density at radius 3 is 2.24 bits per heavy atom. The molecule has 0 heterocycles. The fourth-order valence-corrected chi connectivity index (χ4v) is 3.04. The van der Waals surface area contributed by atoms with Crippen LogP contribution < -0.4 is 14.8 Å². The lowest BCUT2D eigenvalue weighted by atomic mass is 9.86. The SMILES string of the molecule is COc1cc(OC)cc(C(=O)O[C@H](C)C(=O)N[C@H]2CCCC[C@@H]2C)c1. The normalized spacial score (nSPS) is 21.1. The van der Waals surface area contributed by atoms with Crippen LogP contribution in [0.2, 0.25) is 0 Å². The van der Waals surface area contributed by atoms with Gasteiger partial charge in [-0.15, -0.1) is 0 Å². The van der Waals surface area contributed by atoms with E-state index in [9.17, 15) is 9.59 Å². The van der Waals surface area contributed by atoms with Crippen molar-refractivity contribution in [1.29, 1.82) is 0 Å². The summed E-state index contributed by atoms with van der Waals surface area (Å²) in [7, 11) is 3.01. The summed E-state index contributed by atoms with van der Waals surface area (Å²) >= 11 is 0. The number of amides is 1. The van der Waals surface area contributed by atoms with Gasteiger partial charge in [-0.2, -0.15) is 0 Å². The van der Waals surface area contributed by atoms with Crippen LogP contribution in [0, 0.1) is 5.92 Å². The number of carbonyl (C=O) groups excluding carboxylic acids is 2. The number of rotatable bonds is 6. The summed E-state index contributed by atoms with van der Waals surface area (Å²) in [6, 6.07) is 4.92. The third-order valence-corrected chi connectivity index (χ3v) is 4.68. The minimum atomic E-state index is -0.862. The largest absolute Gasteiger partial charge is 0.497 e. The molecule has 0 spiro atoms. The lowest BCUT2D eigenvalue weighted by Crippen LogP contribution is -2.45. The number of esters is 1. The summed E-state index contributed by atoms with van der Waals surface area (Å²) in [6.07, 6.45) is 3.55. The van der Waals surface area contributed by atoms with Gasteiger partial charge in [-0.1, -0.05) is 19.8 Å². The molecular formula is C19H27NO5. The van der Waals surface area contributed by atoms with Crippen LogP contribution in [0.1, 0.15) is 49.9 Å². The summed E-state index contributed by atoms with van der Waals surface area (Å²) in [6.45, 7) is 3.72. The zero-order valence-corrected chi connectivity index (χ0v) is 15.3. The van der Waals surface area contributed by atoms with Crippen LogP contribution >= 0.6 is 0 Å². The summed E-state index contributed by atoms with van der Waals surface area (Å²) in [5, 5.41) is 3.00. The Balaban J connectivity index is 1.98. The maximum Gasteiger partial charge on any atom is 0.339 e. The van der Waals surface area contributed by atoms with Crippen molar-refractivity contribution in [2.24, 2.45) is 5.92 Å². The zero-order valence-electron chi connectivity index (χ0n) is 15.3. The van der Waals surface area contributed by atoms with E-state index in [1.54, 1.807) is 25.1 Å². The highest BCUT2D eigenvalue weighted by Crippen LogP contribution is 2.25. The van der Waals surface area contributed by atoms with Gasteiger partial charge in [0.25, 0.3) is 5.91 Å². The van der Waals surface area contributed by atoms with Crippen LogP contribution in [-0.2, 0) is 9.53 Å². The van der Waals surface area contributed by atoms with Crippen molar-refractivity contribution in [2.75, 3.05) is 14.2 Å². The van der Waals surface area contributed by atoms with E-state index >= 15 is 0 Å². The Bertz CT molecular complexity index is 594. The maximum absolute atomic E-state index is 12.3. The monoisotopic (exact) mass is 349 g/mol. The van der Waals surface area contributed by atoms with Gasteiger partial charge in [-0.05, 0) is 37.8 Å². The molecule has 2 rings (SSSR count). The highest BCUT2D eigenvalue weighted by atomic mass is 16.5. The highest BCUT2D eigenvalue weighted by molar-refractivity contribution is 5.93. The summed E-state index contributed by atoms with van der Waals surface area (Å²) in [5.41, 5.74) is 0.280. The summed E-state index contributed by atoms with van der Waals surface area (Å²) in [5.74, 6) is 0.570. The Kier molecular flexibility index (Phi) is 6.67. The minimum absolute atomic E-state index is 0.152. The Labute approximate surface area is 148 Å². The third kappa shape index (κ3) is 5.11. The van der Waals surface area contributed by atoms with E-state index in [1.165, 1.54) is 20.6 Å². The summed E-state index contributed by atoms with van der Waals surface area (Å²) < 4.78 is 15.6. The topological polar surface area (TPSA) is 73.9 Å². The van der Waals surface area contributed by atoms with E-state index in [0.29, 0.717) is 17.4 Å². The van der Waals surface area contributed by atoms with Gasteiger partial charge >= 0.3 is 5.97 Å². The standard InChI is InChI=1S/C19H27NO5/c1-12-7-5-6-8-17(12)20-18(21)13(2)25-19(22)14-9-15(23-3)11-16(10-14)24-4/h9-13,17H,5-8H2,1-4H3,(H,20,21)/t12-,13+,17-/m0/s1. The maximum atomic E-state index is 12.3. The molecule has 0 aliphatic heterocycles. The average Bonchev–Trinajstić information content (AvgIpc) is 2.62. The van der Waals surface area contributed by atoms with Crippen molar-refractivity contribution in [2.45, 2.75) is 51.7 Å². The molecule has 0 saturated heterocycles. The van der Waals surface area contributed by atoms with Gasteiger partial charge in [-0.3, -0.25) is 4.79 Å². The molecule has 0 bridgehead atoms. The molecular weight excluding hydrogens is 322 g/mol. The van der Waals surface area contributed by atoms with Gasteiger partial charge in [0, 0.05) is 12.1 Å². The van der Waals surface area contributed by atoms with E-state index in [1.807, 2.05) is 0 Å². The fourth-order valence-electron chi connectivity index (χ4n) is 3.04.